The first-order chi connectivity index (χ1) is 9.06. The van der Waals surface area contributed by atoms with Gasteiger partial charge in [-0.3, -0.25) is 9.78 Å². The van der Waals surface area contributed by atoms with Crippen molar-refractivity contribution in [2.24, 2.45) is 0 Å². The lowest BCUT2D eigenvalue weighted by Gasteiger charge is -2.13. The molecule has 0 saturated carbocycles. The molecule has 0 spiro atoms. The highest BCUT2D eigenvalue weighted by Gasteiger charge is 2.17. The van der Waals surface area contributed by atoms with Crippen LogP contribution >= 0.6 is 23.2 Å². The lowest BCUT2D eigenvalue weighted by molar-refractivity contribution is 0.0817. The standard InChI is InChI=1S/C14H11Cl2NO2/c1-9(19-13-6-12(16)7-17-8-13)14(18)10-2-4-11(15)5-3-10/h2-9H,1H3. The molecular formula is C14H11Cl2NO2. The van der Waals surface area contributed by atoms with E-state index in [-0.39, 0.29) is 5.78 Å². The number of Topliss-reactive ketones (excluding diaryl/α,β-unsaturated/α-hetero) is 1. The van der Waals surface area contributed by atoms with Crippen LogP contribution in [0.15, 0.2) is 42.7 Å². The molecule has 3 nitrogen and oxygen atoms in total. The smallest absolute Gasteiger partial charge is 0.202 e. The number of rotatable bonds is 4. The van der Waals surface area contributed by atoms with Gasteiger partial charge in [-0.05, 0) is 31.2 Å². The Balaban J connectivity index is 2.09. The fraction of sp³-hybridized carbons (Fsp3) is 0.143. The summed E-state index contributed by atoms with van der Waals surface area (Å²) in [6, 6.07) is 8.28. The van der Waals surface area contributed by atoms with Crippen LogP contribution in [0.5, 0.6) is 5.75 Å². The first kappa shape index (κ1) is 13.8. The molecule has 0 aliphatic carbocycles. The van der Waals surface area contributed by atoms with E-state index in [1.165, 1.54) is 12.4 Å². The van der Waals surface area contributed by atoms with Crippen molar-refractivity contribution in [2.75, 3.05) is 0 Å². The van der Waals surface area contributed by atoms with Gasteiger partial charge in [0.05, 0.1) is 11.2 Å². The van der Waals surface area contributed by atoms with Crippen LogP contribution in [0.1, 0.15) is 17.3 Å². The highest BCUT2D eigenvalue weighted by Crippen LogP contribution is 2.18. The van der Waals surface area contributed by atoms with Crippen LogP contribution in [0.2, 0.25) is 10.0 Å². The van der Waals surface area contributed by atoms with Gasteiger partial charge in [0.2, 0.25) is 5.78 Å². The van der Waals surface area contributed by atoms with E-state index < -0.39 is 6.10 Å². The van der Waals surface area contributed by atoms with Gasteiger partial charge in [0.1, 0.15) is 5.75 Å². The summed E-state index contributed by atoms with van der Waals surface area (Å²) in [5.41, 5.74) is 0.548. The second-order valence-corrected chi connectivity index (χ2v) is 4.84. The molecule has 5 heteroatoms. The third-order valence-electron chi connectivity index (χ3n) is 2.49. The third kappa shape index (κ3) is 3.69. The number of hydrogen-bond acceptors (Lipinski definition) is 3. The normalized spacial score (nSPS) is 11.9. The Bertz CT molecular complexity index is 584. The lowest BCUT2D eigenvalue weighted by Crippen LogP contribution is -2.23. The zero-order chi connectivity index (χ0) is 13.8. The Labute approximate surface area is 121 Å². The van der Waals surface area contributed by atoms with Crippen LogP contribution < -0.4 is 4.74 Å². The van der Waals surface area contributed by atoms with Crippen molar-refractivity contribution in [3.05, 3.63) is 58.3 Å². The second kappa shape index (κ2) is 6.04. The van der Waals surface area contributed by atoms with Crippen LogP contribution in [0, 0.1) is 0 Å². The fourth-order valence-electron chi connectivity index (χ4n) is 1.56. The summed E-state index contributed by atoms with van der Waals surface area (Å²) in [5.74, 6) is 0.332. The quantitative estimate of drug-likeness (QED) is 0.799. The van der Waals surface area contributed by atoms with Crippen molar-refractivity contribution >= 4 is 29.0 Å². The summed E-state index contributed by atoms with van der Waals surface area (Å²) in [6.07, 6.45) is 2.39. The van der Waals surface area contributed by atoms with E-state index in [0.717, 1.165) is 0 Å². The second-order valence-electron chi connectivity index (χ2n) is 3.97. The number of ketones is 1. The third-order valence-corrected chi connectivity index (χ3v) is 2.95. The van der Waals surface area contributed by atoms with Crippen LogP contribution in [0.4, 0.5) is 0 Å². The highest BCUT2D eigenvalue weighted by atomic mass is 35.5. The minimum absolute atomic E-state index is 0.128. The highest BCUT2D eigenvalue weighted by molar-refractivity contribution is 6.30. The fourth-order valence-corrected chi connectivity index (χ4v) is 1.85. The predicted molar refractivity (Wildman–Crippen MR) is 75.1 cm³/mol. The van der Waals surface area contributed by atoms with Crippen molar-refractivity contribution in [1.29, 1.82) is 0 Å². The SMILES string of the molecule is CC(Oc1cncc(Cl)c1)C(=O)c1ccc(Cl)cc1. The van der Waals surface area contributed by atoms with E-state index >= 15 is 0 Å². The molecule has 2 rings (SSSR count). The molecule has 0 amide bonds. The van der Waals surface area contributed by atoms with Crippen molar-refractivity contribution < 1.29 is 9.53 Å². The average Bonchev–Trinajstić information content (AvgIpc) is 2.39. The Morgan fingerprint density at radius 1 is 1.16 bits per heavy atom. The largest absolute Gasteiger partial charge is 0.481 e. The van der Waals surface area contributed by atoms with E-state index in [4.69, 9.17) is 27.9 Å². The summed E-state index contributed by atoms with van der Waals surface area (Å²) >= 11 is 11.6. The summed E-state index contributed by atoms with van der Waals surface area (Å²) in [7, 11) is 0. The van der Waals surface area contributed by atoms with Gasteiger partial charge >= 0.3 is 0 Å². The van der Waals surface area contributed by atoms with Crippen LogP contribution in [0.25, 0.3) is 0 Å². The van der Waals surface area contributed by atoms with Crippen LogP contribution in [0.3, 0.4) is 0 Å². The molecule has 1 heterocycles. The molecule has 1 unspecified atom stereocenters. The number of ether oxygens (including phenoxy) is 1. The number of aromatic nitrogens is 1. The van der Waals surface area contributed by atoms with Gasteiger partial charge in [-0.1, -0.05) is 23.2 Å². The van der Waals surface area contributed by atoms with E-state index in [1.54, 1.807) is 37.3 Å². The minimum atomic E-state index is -0.624. The Morgan fingerprint density at radius 3 is 2.47 bits per heavy atom. The summed E-state index contributed by atoms with van der Waals surface area (Å²) in [6.45, 7) is 1.68. The molecule has 2 aromatic rings. The van der Waals surface area contributed by atoms with Gasteiger partial charge in [-0.15, -0.1) is 0 Å². The molecule has 0 N–H and O–H groups in total. The number of carbonyl (C=O) groups is 1. The molecule has 0 bridgehead atoms. The molecular weight excluding hydrogens is 285 g/mol. The molecule has 1 aromatic heterocycles. The molecule has 0 aliphatic heterocycles. The molecule has 0 radical (unpaired) electrons. The summed E-state index contributed by atoms with van der Waals surface area (Å²) < 4.78 is 5.51. The molecule has 0 fully saturated rings. The summed E-state index contributed by atoms with van der Waals surface area (Å²) in [5, 5.41) is 1.05. The Kier molecular flexibility index (Phi) is 4.40. The van der Waals surface area contributed by atoms with E-state index in [0.29, 0.717) is 21.4 Å². The van der Waals surface area contributed by atoms with Gasteiger partial charge in [0.25, 0.3) is 0 Å². The maximum absolute atomic E-state index is 12.1. The first-order valence-electron chi connectivity index (χ1n) is 5.63. The molecule has 0 aliphatic rings. The molecule has 1 aromatic carbocycles. The predicted octanol–water partition coefficient (Wildman–Crippen LogP) is 4.04. The molecule has 1 atom stereocenters. The minimum Gasteiger partial charge on any atom is -0.481 e. The van der Waals surface area contributed by atoms with E-state index in [1.807, 2.05) is 0 Å². The Morgan fingerprint density at radius 2 is 1.84 bits per heavy atom. The van der Waals surface area contributed by atoms with Crippen molar-refractivity contribution in [2.45, 2.75) is 13.0 Å². The maximum atomic E-state index is 12.1. The van der Waals surface area contributed by atoms with Gasteiger partial charge < -0.3 is 4.74 Å². The molecule has 0 saturated heterocycles. The molecule has 19 heavy (non-hydrogen) atoms. The van der Waals surface area contributed by atoms with Gasteiger partial charge in [0, 0.05) is 22.8 Å². The first-order valence-corrected chi connectivity index (χ1v) is 6.39. The zero-order valence-electron chi connectivity index (χ0n) is 10.1. The molecule has 98 valence electrons. The monoisotopic (exact) mass is 295 g/mol. The van der Waals surface area contributed by atoms with Crippen molar-refractivity contribution in [3.8, 4) is 5.75 Å². The number of pyridine rings is 1. The van der Waals surface area contributed by atoms with Crippen molar-refractivity contribution in [1.82, 2.24) is 4.98 Å². The van der Waals surface area contributed by atoms with Gasteiger partial charge in [-0.25, -0.2) is 0 Å². The van der Waals surface area contributed by atoms with E-state index in [2.05, 4.69) is 4.98 Å². The number of nitrogens with zero attached hydrogens (tertiary/aromatic N) is 1. The maximum Gasteiger partial charge on any atom is 0.202 e. The lowest BCUT2D eigenvalue weighted by atomic mass is 10.1. The average molecular weight is 296 g/mol. The zero-order valence-corrected chi connectivity index (χ0v) is 11.7. The number of hydrogen-bond donors (Lipinski definition) is 0. The topological polar surface area (TPSA) is 39.2 Å². The van der Waals surface area contributed by atoms with Gasteiger partial charge in [-0.2, -0.15) is 0 Å². The summed E-state index contributed by atoms with van der Waals surface area (Å²) in [4.78, 5) is 16.0. The number of carbonyl (C=O) groups excluding carboxylic acids is 1. The van der Waals surface area contributed by atoms with E-state index in [9.17, 15) is 4.79 Å². The van der Waals surface area contributed by atoms with Crippen LogP contribution in [-0.2, 0) is 0 Å². The van der Waals surface area contributed by atoms with Crippen molar-refractivity contribution in [3.63, 3.8) is 0 Å². The van der Waals surface area contributed by atoms with Crippen LogP contribution in [-0.4, -0.2) is 16.9 Å². The number of halogens is 2. The number of benzene rings is 1. The van der Waals surface area contributed by atoms with Gasteiger partial charge in [0.15, 0.2) is 6.10 Å². The Hall–Kier alpha value is -1.58.